The van der Waals surface area contributed by atoms with Crippen molar-refractivity contribution in [3.05, 3.63) is 58.3 Å². The van der Waals surface area contributed by atoms with E-state index in [-0.39, 0.29) is 18.2 Å². The summed E-state index contributed by atoms with van der Waals surface area (Å²) < 4.78 is 7.41. The van der Waals surface area contributed by atoms with E-state index in [1.54, 1.807) is 35.9 Å². The first-order valence-electron chi connectivity index (χ1n) is 10.1. The molecule has 1 heterocycles. The van der Waals surface area contributed by atoms with E-state index >= 15 is 0 Å². The van der Waals surface area contributed by atoms with Crippen LogP contribution in [0.4, 0.5) is 5.69 Å². The number of ether oxygens (including phenoxy) is 1. The standard InChI is InChI=1S/C22H24ClN5O3S/c1-31-18-10-4-15(5-11-18)21-26-27-22(32)28(21)14-12-19(29)24-13-2-3-20(30)25-17-8-6-16(23)7-9-17/h4-11H,2-3,12-14H2,1H3,(H,24,29)(H,25,30)(H,27,32). The fraction of sp³-hybridized carbons (Fsp3) is 0.273. The number of rotatable bonds is 10. The van der Waals surface area contributed by atoms with Crippen molar-refractivity contribution in [2.45, 2.75) is 25.8 Å². The van der Waals surface area contributed by atoms with Gasteiger partial charge in [-0.1, -0.05) is 11.6 Å². The number of anilines is 1. The van der Waals surface area contributed by atoms with E-state index in [0.29, 0.717) is 47.2 Å². The lowest BCUT2D eigenvalue weighted by Crippen LogP contribution is -2.26. The number of hydrogen-bond acceptors (Lipinski definition) is 5. The molecule has 0 radical (unpaired) electrons. The van der Waals surface area contributed by atoms with Crippen LogP contribution in [-0.4, -0.2) is 40.2 Å². The summed E-state index contributed by atoms with van der Waals surface area (Å²) in [4.78, 5) is 24.2. The Labute approximate surface area is 195 Å². The van der Waals surface area contributed by atoms with E-state index in [4.69, 9.17) is 28.6 Å². The van der Waals surface area contributed by atoms with E-state index in [9.17, 15) is 9.59 Å². The summed E-state index contributed by atoms with van der Waals surface area (Å²) in [6.45, 7) is 0.800. The third kappa shape index (κ3) is 6.66. The van der Waals surface area contributed by atoms with Gasteiger partial charge in [-0.15, -0.1) is 0 Å². The highest BCUT2D eigenvalue weighted by Crippen LogP contribution is 2.21. The van der Waals surface area contributed by atoms with Crippen molar-refractivity contribution in [1.29, 1.82) is 0 Å². The van der Waals surface area contributed by atoms with E-state index in [1.807, 2.05) is 24.3 Å². The number of nitrogens with zero attached hydrogens (tertiary/aromatic N) is 2. The van der Waals surface area contributed by atoms with Crippen molar-refractivity contribution < 1.29 is 14.3 Å². The second-order valence-corrected chi connectivity index (χ2v) is 7.81. The zero-order valence-electron chi connectivity index (χ0n) is 17.6. The number of amides is 2. The lowest BCUT2D eigenvalue weighted by atomic mass is 10.2. The summed E-state index contributed by atoms with van der Waals surface area (Å²) in [7, 11) is 1.61. The van der Waals surface area contributed by atoms with Crippen LogP contribution in [0.5, 0.6) is 5.75 Å². The van der Waals surface area contributed by atoms with Crippen molar-refractivity contribution >= 4 is 41.3 Å². The van der Waals surface area contributed by atoms with Gasteiger partial charge in [-0.2, -0.15) is 5.10 Å². The molecule has 0 atom stereocenters. The number of H-pyrrole nitrogens is 1. The van der Waals surface area contributed by atoms with Crippen molar-refractivity contribution in [2.75, 3.05) is 19.0 Å². The zero-order chi connectivity index (χ0) is 22.9. The first-order chi connectivity index (χ1) is 15.5. The summed E-state index contributed by atoms with van der Waals surface area (Å²) in [6.07, 6.45) is 1.08. The van der Waals surface area contributed by atoms with Crippen LogP contribution in [0.25, 0.3) is 11.4 Å². The van der Waals surface area contributed by atoms with Gasteiger partial charge in [0.05, 0.1) is 7.11 Å². The van der Waals surface area contributed by atoms with E-state index in [0.717, 1.165) is 11.3 Å². The predicted molar refractivity (Wildman–Crippen MR) is 126 cm³/mol. The third-order valence-electron chi connectivity index (χ3n) is 4.70. The molecule has 32 heavy (non-hydrogen) atoms. The van der Waals surface area contributed by atoms with Crippen molar-refractivity contribution in [3.63, 3.8) is 0 Å². The minimum atomic E-state index is -0.119. The molecule has 0 saturated heterocycles. The molecular formula is C22H24ClN5O3S. The number of nitrogens with one attached hydrogen (secondary N) is 3. The maximum absolute atomic E-state index is 12.2. The van der Waals surface area contributed by atoms with Gasteiger partial charge in [0.2, 0.25) is 11.8 Å². The molecule has 0 aliphatic heterocycles. The number of carbonyl (C=O) groups is 2. The molecule has 8 nitrogen and oxygen atoms in total. The van der Waals surface area contributed by atoms with Crippen LogP contribution in [0, 0.1) is 4.77 Å². The Bertz CT molecular complexity index is 1110. The van der Waals surface area contributed by atoms with Gasteiger partial charge in [0.1, 0.15) is 5.75 Å². The van der Waals surface area contributed by atoms with Gasteiger partial charge in [-0.25, -0.2) is 0 Å². The number of methoxy groups -OCH3 is 1. The average molecular weight is 474 g/mol. The Morgan fingerprint density at radius 1 is 1.09 bits per heavy atom. The predicted octanol–water partition coefficient (Wildman–Crippen LogP) is 4.19. The summed E-state index contributed by atoms with van der Waals surface area (Å²) in [5.74, 6) is 1.17. The first kappa shape index (κ1) is 23.5. The van der Waals surface area contributed by atoms with Gasteiger partial charge in [0, 0.05) is 42.2 Å². The molecule has 0 fully saturated rings. The Balaban J connectivity index is 1.42. The van der Waals surface area contributed by atoms with Crippen LogP contribution in [0.1, 0.15) is 19.3 Å². The highest BCUT2D eigenvalue weighted by Gasteiger charge is 2.11. The largest absolute Gasteiger partial charge is 0.497 e. The zero-order valence-corrected chi connectivity index (χ0v) is 19.1. The van der Waals surface area contributed by atoms with Gasteiger partial charge in [0.15, 0.2) is 10.6 Å². The maximum atomic E-state index is 12.2. The summed E-state index contributed by atoms with van der Waals surface area (Å²) in [6, 6.07) is 14.4. The second-order valence-electron chi connectivity index (χ2n) is 6.99. The van der Waals surface area contributed by atoms with Crippen molar-refractivity contribution in [1.82, 2.24) is 20.1 Å². The van der Waals surface area contributed by atoms with Gasteiger partial charge in [0.25, 0.3) is 0 Å². The molecule has 0 saturated carbocycles. The SMILES string of the molecule is COc1ccc(-c2n[nH]c(=S)n2CCC(=O)NCCCC(=O)Nc2ccc(Cl)cc2)cc1. The number of aromatic amines is 1. The summed E-state index contributed by atoms with van der Waals surface area (Å²) in [5, 5.41) is 13.3. The van der Waals surface area contributed by atoms with E-state index in [2.05, 4.69) is 20.8 Å². The van der Waals surface area contributed by atoms with Crippen LogP contribution in [0.15, 0.2) is 48.5 Å². The topological polar surface area (TPSA) is 101 Å². The van der Waals surface area contributed by atoms with Gasteiger partial charge >= 0.3 is 0 Å². The number of halogens is 1. The van der Waals surface area contributed by atoms with Crippen LogP contribution >= 0.6 is 23.8 Å². The van der Waals surface area contributed by atoms with Crippen LogP contribution in [0.3, 0.4) is 0 Å². The monoisotopic (exact) mass is 473 g/mol. The minimum Gasteiger partial charge on any atom is -0.497 e. The molecule has 0 bridgehead atoms. The van der Waals surface area contributed by atoms with Crippen LogP contribution in [0.2, 0.25) is 5.02 Å². The van der Waals surface area contributed by atoms with E-state index < -0.39 is 0 Å². The molecule has 0 aliphatic rings. The lowest BCUT2D eigenvalue weighted by molar-refractivity contribution is -0.121. The number of carbonyl (C=O) groups excluding carboxylic acids is 2. The molecule has 0 aliphatic carbocycles. The molecule has 3 N–H and O–H groups in total. The molecule has 2 aromatic carbocycles. The third-order valence-corrected chi connectivity index (χ3v) is 5.26. The molecule has 1 aromatic heterocycles. The Hall–Kier alpha value is -3.17. The second kappa shape index (κ2) is 11.4. The number of aromatic nitrogens is 3. The van der Waals surface area contributed by atoms with Gasteiger partial charge < -0.3 is 15.4 Å². The summed E-state index contributed by atoms with van der Waals surface area (Å²) in [5.41, 5.74) is 1.55. The number of benzene rings is 2. The fourth-order valence-corrected chi connectivity index (χ4v) is 3.37. The molecule has 168 valence electrons. The first-order valence-corrected chi connectivity index (χ1v) is 10.9. The molecule has 0 spiro atoms. The Morgan fingerprint density at radius 3 is 2.50 bits per heavy atom. The van der Waals surface area contributed by atoms with Crippen LogP contribution < -0.4 is 15.4 Å². The highest BCUT2D eigenvalue weighted by molar-refractivity contribution is 7.71. The quantitative estimate of drug-likeness (QED) is 0.302. The Kier molecular flexibility index (Phi) is 8.41. The van der Waals surface area contributed by atoms with E-state index in [1.165, 1.54) is 0 Å². The normalized spacial score (nSPS) is 10.6. The molecular weight excluding hydrogens is 450 g/mol. The molecule has 0 unspecified atom stereocenters. The number of hydrogen-bond donors (Lipinski definition) is 3. The lowest BCUT2D eigenvalue weighted by Gasteiger charge is -2.09. The molecule has 3 aromatic rings. The van der Waals surface area contributed by atoms with Gasteiger partial charge in [-0.05, 0) is 67.2 Å². The maximum Gasteiger partial charge on any atom is 0.224 e. The fourth-order valence-electron chi connectivity index (χ4n) is 3.02. The molecule has 10 heteroatoms. The Morgan fingerprint density at radius 2 is 1.81 bits per heavy atom. The van der Waals surface area contributed by atoms with Crippen molar-refractivity contribution in [2.24, 2.45) is 0 Å². The van der Waals surface area contributed by atoms with Gasteiger partial charge in [-0.3, -0.25) is 19.3 Å². The molecule has 3 rings (SSSR count). The average Bonchev–Trinajstić information content (AvgIpc) is 3.17. The smallest absolute Gasteiger partial charge is 0.224 e. The highest BCUT2D eigenvalue weighted by atomic mass is 35.5. The van der Waals surface area contributed by atoms with Crippen LogP contribution in [-0.2, 0) is 16.1 Å². The summed E-state index contributed by atoms with van der Waals surface area (Å²) >= 11 is 11.1. The van der Waals surface area contributed by atoms with Crippen molar-refractivity contribution in [3.8, 4) is 17.1 Å². The molecule has 2 amide bonds. The minimum absolute atomic E-state index is 0.115.